The second kappa shape index (κ2) is 7.35. The molecule has 0 radical (unpaired) electrons. The largest absolute Gasteiger partial charge is 0.419 e. The summed E-state index contributed by atoms with van der Waals surface area (Å²) in [7, 11) is 0. The van der Waals surface area contributed by atoms with Gasteiger partial charge < -0.3 is 4.12 Å². The Balaban J connectivity index is 2.25. The van der Waals surface area contributed by atoms with Crippen molar-refractivity contribution < 1.29 is 4.12 Å². The van der Waals surface area contributed by atoms with Crippen LogP contribution in [0.15, 0.2) is 60.7 Å². The summed E-state index contributed by atoms with van der Waals surface area (Å²) in [5.41, 5.74) is 0. The third kappa shape index (κ3) is 4.87. The number of halogens is 4. The summed E-state index contributed by atoms with van der Waals surface area (Å²) in [6, 6.07) is 21.2. The number of benzene rings is 2. The van der Waals surface area contributed by atoms with Crippen LogP contribution in [0.25, 0.3) is 0 Å². The molecular weight excluding hydrogens is 724 g/mol. The van der Waals surface area contributed by atoms with E-state index in [0.717, 1.165) is 0 Å². The first kappa shape index (κ1) is 17.1. The average molecular weight is 734 g/mol. The van der Waals surface area contributed by atoms with Crippen LogP contribution >= 0.6 is 87.2 Å². The van der Waals surface area contributed by atoms with Gasteiger partial charge in [-0.25, -0.2) is 0 Å². The lowest BCUT2D eigenvalue weighted by molar-refractivity contribution is 0.651. The maximum absolute atomic E-state index is 6.62. The molecule has 100 valence electrons. The molecule has 0 N–H and O–H groups in total. The van der Waals surface area contributed by atoms with E-state index >= 15 is 0 Å². The van der Waals surface area contributed by atoms with Gasteiger partial charge in [0.2, 0.25) is 0 Å². The van der Waals surface area contributed by atoms with Crippen molar-refractivity contribution in [1.82, 2.24) is 0 Å². The molecule has 0 bridgehead atoms. The first-order valence-electron chi connectivity index (χ1n) is 5.49. The first-order valence-corrected chi connectivity index (χ1v) is 21.8. The molecule has 0 heterocycles. The van der Waals surface area contributed by atoms with Crippen LogP contribution in [0, 0.1) is 0 Å². The number of hydrogen-bond donors (Lipinski definition) is 0. The van der Waals surface area contributed by atoms with Gasteiger partial charge in [0.25, 0.3) is 0 Å². The van der Waals surface area contributed by atoms with Crippen molar-refractivity contribution in [1.29, 1.82) is 0 Å². The van der Waals surface area contributed by atoms with Crippen molar-refractivity contribution >= 4 is 104 Å². The molecule has 0 aromatic heterocycles. The molecule has 1 nitrogen and oxygen atoms in total. The van der Waals surface area contributed by atoms with Gasteiger partial charge in [-0.1, -0.05) is 148 Å². The zero-order valence-electron chi connectivity index (χ0n) is 9.69. The molecule has 2 rings (SSSR count). The maximum atomic E-state index is 6.62. The van der Waals surface area contributed by atoms with Gasteiger partial charge in [0.15, 0.2) is 0 Å². The van der Waals surface area contributed by atoms with Gasteiger partial charge in [0.1, 0.15) is 0 Å². The van der Waals surface area contributed by atoms with Crippen molar-refractivity contribution in [2.75, 3.05) is 0 Å². The van der Waals surface area contributed by atoms with Crippen LogP contribution in [-0.4, -0.2) is 6.62 Å². The van der Waals surface area contributed by atoms with Crippen LogP contribution in [0.1, 0.15) is 0 Å². The fourth-order valence-corrected chi connectivity index (χ4v) is 36.3. The van der Waals surface area contributed by atoms with Crippen LogP contribution in [0.5, 0.6) is 0 Å². The maximum Gasteiger partial charge on any atom is 0.349 e. The molecule has 19 heavy (non-hydrogen) atoms. The van der Waals surface area contributed by atoms with E-state index in [2.05, 4.69) is 148 Å². The van der Waals surface area contributed by atoms with Crippen LogP contribution in [0.3, 0.4) is 0 Å². The van der Waals surface area contributed by atoms with Crippen LogP contribution in [0.4, 0.5) is 0 Å². The molecule has 7 heteroatoms. The SMILES string of the molecule is I[Si](I)(O[Si](I)(I)c1ccccc1)c1ccccc1. The summed E-state index contributed by atoms with van der Waals surface area (Å²) in [6.07, 6.45) is 0. The predicted molar refractivity (Wildman–Crippen MR) is 121 cm³/mol. The Hall–Kier alpha value is 1.75. The average Bonchev–Trinajstić information content (AvgIpc) is 2.40. The van der Waals surface area contributed by atoms with Gasteiger partial charge in [-0.05, 0) is 10.4 Å². The molecular formula is C12H10I4OSi2. The molecule has 2 aromatic carbocycles. The van der Waals surface area contributed by atoms with Gasteiger partial charge in [-0.2, -0.15) is 0 Å². The number of rotatable bonds is 4. The normalized spacial score (nSPS) is 12.4. The smallest absolute Gasteiger partial charge is 0.349 e. The lowest BCUT2D eigenvalue weighted by atomic mass is 10.4. The summed E-state index contributed by atoms with van der Waals surface area (Å²) in [6.45, 7) is 0. The molecule has 0 saturated heterocycles. The number of hydrogen-bond acceptors (Lipinski definition) is 1. The molecule has 0 unspecified atom stereocenters. The van der Waals surface area contributed by atoms with E-state index < -0.39 is 6.62 Å². The monoisotopic (exact) mass is 734 g/mol. The topological polar surface area (TPSA) is 9.23 Å². The molecule has 0 fully saturated rings. The van der Waals surface area contributed by atoms with Crippen molar-refractivity contribution in [3.05, 3.63) is 60.7 Å². The second-order valence-electron chi connectivity index (χ2n) is 3.87. The van der Waals surface area contributed by atoms with E-state index in [1.165, 1.54) is 10.4 Å². The molecule has 2 aromatic rings. The Bertz CT molecular complexity index is 484. The third-order valence-electron chi connectivity index (χ3n) is 2.48. The molecule has 0 aliphatic heterocycles. The Kier molecular flexibility index (Phi) is 6.62. The van der Waals surface area contributed by atoms with Crippen molar-refractivity contribution in [3.8, 4) is 0 Å². The van der Waals surface area contributed by atoms with Gasteiger partial charge >= 0.3 is 6.62 Å². The summed E-state index contributed by atoms with van der Waals surface area (Å²) in [5.74, 6) is 0. The lowest BCUT2D eigenvalue weighted by Gasteiger charge is -2.28. The van der Waals surface area contributed by atoms with Gasteiger partial charge in [0, 0.05) is 0 Å². The van der Waals surface area contributed by atoms with Crippen molar-refractivity contribution in [3.63, 3.8) is 0 Å². The zero-order chi connectivity index (χ0) is 13.9. The highest BCUT2D eigenvalue weighted by Crippen LogP contribution is 2.33. The fraction of sp³-hybridized carbons (Fsp3) is 0. The second-order valence-corrected chi connectivity index (χ2v) is 38.5. The van der Waals surface area contributed by atoms with E-state index in [9.17, 15) is 0 Å². The standard InChI is InChI=1S/C12H10I4OSi2/c13-18(14,11-7-3-1-4-8-11)17-19(15,16)12-9-5-2-6-10-12/h1-10H. The van der Waals surface area contributed by atoms with Gasteiger partial charge in [0.05, 0.1) is 0 Å². The Morgan fingerprint density at radius 1 is 0.579 bits per heavy atom. The first-order chi connectivity index (χ1) is 8.92. The highest BCUT2D eigenvalue weighted by atomic mass is 127. The predicted octanol–water partition coefficient (Wildman–Crippen LogP) is 4.44. The molecule has 0 saturated carbocycles. The summed E-state index contributed by atoms with van der Waals surface area (Å²) in [4.78, 5) is 0. The van der Waals surface area contributed by atoms with E-state index in [-0.39, 0.29) is 0 Å². The summed E-state index contributed by atoms with van der Waals surface area (Å²) < 4.78 is 2.80. The summed E-state index contributed by atoms with van der Waals surface area (Å²) in [5, 5.41) is 2.66. The van der Waals surface area contributed by atoms with Crippen molar-refractivity contribution in [2.45, 2.75) is 0 Å². The van der Waals surface area contributed by atoms with Crippen LogP contribution in [-0.2, 0) is 4.12 Å². The van der Waals surface area contributed by atoms with E-state index in [0.29, 0.717) is 0 Å². The third-order valence-corrected chi connectivity index (χ3v) is 21.9. The molecule has 0 spiro atoms. The van der Waals surface area contributed by atoms with Gasteiger partial charge in [-0.15, -0.1) is 0 Å². The fourth-order valence-electron chi connectivity index (χ4n) is 1.54. The van der Waals surface area contributed by atoms with E-state index in [1.807, 2.05) is 0 Å². The minimum atomic E-state index is -1.91. The zero-order valence-corrected chi connectivity index (χ0v) is 20.3. The quantitative estimate of drug-likeness (QED) is 0.257. The Morgan fingerprint density at radius 3 is 1.21 bits per heavy atom. The Labute approximate surface area is 166 Å². The van der Waals surface area contributed by atoms with Crippen molar-refractivity contribution in [2.24, 2.45) is 0 Å². The lowest BCUT2D eigenvalue weighted by Crippen LogP contribution is -2.51. The van der Waals surface area contributed by atoms with Gasteiger partial charge in [-0.3, -0.25) is 0 Å². The molecule has 0 aliphatic carbocycles. The highest BCUT2D eigenvalue weighted by molar-refractivity contribution is 14.3. The Morgan fingerprint density at radius 2 is 0.895 bits per heavy atom. The highest BCUT2D eigenvalue weighted by Gasteiger charge is 2.42. The van der Waals surface area contributed by atoms with E-state index in [4.69, 9.17) is 4.12 Å². The van der Waals surface area contributed by atoms with Crippen LogP contribution < -0.4 is 10.4 Å². The van der Waals surface area contributed by atoms with E-state index in [1.54, 1.807) is 0 Å². The molecule has 0 amide bonds. The minimum Gasteiger partial charge on any atom is -0.419 e. The van der Waals surface area contributed by atoms with Crippen LogP contribution in [0.2, 0.25) is 0 Å². The molecule has 0 atom stereocenters. The summed E-state index contributed by atoms with van der Waals surface area (Å²) >= 11 is 10.1. The molecule has 0 aliphatic rings. The minimum absolute atomic E-state index is 1.33.